The minimum atomic E-state index is -1.97. The van der Waals surface area contributed by atoms with Crippen molar-refractivity contribution in [3.8, 4) is 0 Å². The molecular formula is C28H40N2O4Si. The van der Waals surface area contributed by atoms with Crippen molar-refractivity contribution in [3.63, 3.8) is 0 Å². The number of rotatable bonds is 7. The Morgan fingerprint density at radius 2 is 1.66 bits per heavy atom. The van der Waals surface area contributed by atoms with Crippen LogP contribution in [0.2, 0.25) is 18.1 Å². The maximum atomic E-state index is 13.3. The van der Waals surface area contributed by atoms with Crippen molar-refractivity contribution < 1.29 is 18.8 Å². The molecule has 6 nitrogen and oxygen atoms in total. The van der Waals surface area contributed by atoms with Crippen LogP contribution in [0, 0.1) is 0 Å². The fraction of sp³-hybridized carbons (Fsp3) is 0.536. The topological polar surface area (TPSA) is 51.2 Å². The van der Waals surface area contributed by atoms with Gasteiger partial charge in [0.15, 0.2) is 8.32 Å². The number of hydroxylamine groups is 2. The van der Waals surface area contributed by atoms with E-state index in [1.807, 2.05) is 58.5 Å². The Labute approximate surface area is 211 Å². The monoisotopic (exact) mass is 496 g/mol. The number of nitrogens with zero attached hydrogens (tertiary/aromatic N) is 2. The Morgan fingerprint density at radius 3 is 2.29 bits per heavy atom. The number of ether oxygens (including phenoxy) is 1. The molecule has 3 atom stereocenters. The van der Waals surface area contributed by atoms with Gasteiger partial charge in [-0.2, -0.15) is 5.06 Å². The van der Waals surface area contributed by atoms with Crippen LogP contribution in [-0.2, 0) is 27.2 Å². The minimum absolute atomic E-state index is 0.00283. The predicted molar refractivity (Wildman–Crippen MR) is 140 cm³/mol. The number of carbonyl (C=O) groups excluding carboxylic acids is 1. The number of amides is 1. The van der Waals surface area contributed by atoms with Crippen molar-refractivity contribution in [2.24, 2.45) is 0 Å². The van der Waals surface area contributed by atoms with Crippen LogP contribution in [0.1, 0.15) is 44.7 Å². The van der Waals surface area contributed by atoms with Gasteiger partial charge in [-0.1, -0.05) is 81.4 Å². The molecule has 0 bridgehead atoms. The molecule has 0 unspecified atom stereocenters. The van der Waals surface area contributed by atoms with Gasteiger partial charge in [0.2, 0.25) is 0 Å². The van der Waals surface area contributed by atoms with Crippen LogP contribution < -0.4 is 0 Å². The molecule has 0 saturated carbocycles. The molecule has 1 amide bonds. The number of likely N-dealkylation sites (tertiary alicyclic amines) is 1. The number of carbonyl (C=O) groups is 1. The van der Waals surface area contributed by atoms with Gasteiger partial charge in [0, 0.05) is 19.6 Å². The molecule has 2 aliphatic heterocycles. The summed E-state index contributed by atoms with van der Waals surface area (Å²) in [5.74, 6) is 0. The smallest absolute Gasteiger partial charge is 0.410 e. The number of hydrogen-bond acceptors (Lipinski definition) is 5. The number of hydrogen-bond donors (Lipinski definition) is 0. The molecule has 0 spiro atoms. The summed E-state index contributed by atoms with van der Waals surface area (Å²) in [5.41, 5.74) is 2.20. The Kier molecular flexibility index (Phi) is 8.01. The van der Waals surface area contributed by atoms with Crippen molar-refractivity contribution in [1.82, 2.24) is 9.96 Å². The Hall–Kier alpha value is -2.19. The zero-order valence-corrected chi connectivity index (χ0v) is 22.8. The van der Waals surface area contributed by atoms with Crippen LogP contribution in [0.3, 0.4) is 0 Å². The van der Waals surface area contributed by atoms with E-state index in [1.165, 1.54) is 5.56 Å². The molecule has 2 aliphatic rings. The van der Waals surface area contributed by atoms with E-state index in [1.54, 1.807) is 0 Å². The van der Waals surface area contributed by atoms with Gasteiger partial charge >= 0.3 is 6.09 Å². The third-order valence-corrected chi connectivity index (χ3v) is 12.1. The first-order chi connectivity index (χ1) is 16.6. The van der Waals surface area contributed by atoms with Crippen molar-refractivity contribution in [1.29, 1.82) is 0 Å². The van der Waals surface area contributed by atoms with E-state index in [2.05, 4.69) is 46.0 Å². The highest BCUT2D eigenvalue weighted by atomic mass is 28.4. The molecule has 2 saturated heterocycles. The molecule has 0 aromatic heterocycles. The molecule has 2 heterocycles. The highest BCUT2D eigenvalue weighted by Crippen LogP contribution is 2.40. The van der Waals surface area contributed by atoms with Gasteiger partial charge in [0.25, 0.3) is 0 Å². The van der Waals surface area contributed by atoms with E-state index in [9.17, 15) is 4.79 Å². The third kappa shape index (κ3) is 6.53. The van der Waals surface area contributed by atoms with Crippen molar-refractivity contribution in [3.05, 3.63) is 71.8 Å². The fourth-order valence-electron chi connectivity index (χ4n) is 4.60. The second kappa shape index (κ2) is 10.8. The standard InChI is InChI=1S/C28H40N2O4Si/c1-28(2,3)35(4,5)34-24-18-25(26-16-17-29(33-26)19-22-12-8-6-9-13-22)30(20-24)27(31)32-21-23-14-10-7-11-15-23/h6-15,24-26H,16-21H2,1-5H3/t24-,25+,26+/m1/s1. The maximum Gasteiger partial charge on any atom is 0.410 e. The first-order valence-electron chi connectivity index (χ1n) is 12.7. The summed E-state index contributed by atoms with van der Waals surface area (Å²) in [6.07, 6.45) is 1.31. The van der Waals surface area contributed by atoms with Gasteiger partial charge in [0.05, 0.1) is 12.1 Å². The predicted octanol–water partition coefficient (Wildman–Crippen LogP) is 5.99. The van der Waals surface area contributed by atoms with E-state index in [-0.39, 0.29) is 36.0 Å². The van der Waals surface area contributed by atoms with Gasteiger partial charge in [-0.15, -0.1) is 0 Å². The second-order valence-electron chi connectivity index (χ2n) is 11.3. The first kappa shape index (κ1) is 25.9. The summed E-state index contributed by atoms with van der Waals surface area (Å²) < 4.78 is 12.5. The van der Waals surface area contributed by atoms with Crippen LogP contribution in [0.25, 0.3) is 0 Å². The molecule has 2 aromatic carbocycles. The molecule has 0 aliphatic carbocycles. The van der Waals surface area contributed by atoms with Crippen LogP contribution in [0.5, 0.6) is 0 Å². The molecule has 7 heteroatoms. The SMILES string of the molecule is CC(C)(C)[Si](C)(C)O[C@@H]1C[C@@H]([C@@H]2CCN(Cc3ccccc3)O2)N(C(=O)OCc2ccccc2)C1. The van der Waals surface area contributed by atoms with Gasteiger partial charge in [-0.05, 0) is 42.1 Å². The summed E-state index contributed by atoms with van der Waals surface area (Å²) in [6.45, 7) is 13.7. The Morgan fingerprint density at radius 1 is 1.03 bits per heavy atom. The molecular weight excluding hydrogens is 456 g/mol. The lowest BCUT2D eigenvalue weighted by molar-refractivity contribution is -0.165. The quantitative estimate of drug-likeness (QED) is 0.441. The highest BCUT2D eigenvalue weighted by Gasteiger charge is 2.47. The van der Waals surface area contributed by atoms with E-state index in [4.69, 9.17) is 14.0 Å². The normalized spacial score (nSPS) is 23.6. The van der Waals surface area contributed by atoms with Crippen molar-refractivity contribution in [2.75, 3.05) is 13.1 Å². The van der Waals surface area contributed by atoms with E-state index in [0.29, 0.717) is 6.54 Å². The third-order valence-electron chi connectivity index (χ3n) is 7.59. The van der Waals surface area contributed by atoms with Crippen LogP contribution in [0.15, 0.2) is 60.7 Å². The van der Waals surface area contributed by atoms with Crippen molar-refractivity contribution in [2.45, 2.75) is 83.1 Å². The molecule has 190 valence electrons. The van der Waals surface area contributed by atoms with Gasteiger partial charge in [0.1, 0.15) is 12.7 Å². The van der Waals surface area contributed by atoms with E-state index >= 15 is 0 Å². The average molecular weight is 497 g/mol. The fourth-order valence-corrected chi connectivity index (χ4v) is 5.96. The molecule has 35 heavy (non-hydrogen) atoms. The summed E-state index contributed by atoms with van der Waals surface area (Å²) in [5, 5.41) is 2.13. The summed E-state index contributed by atoms with van der Waals surface area (Å²) in [7, 11) is -1.97. The van der Waals surface area contributed by atoms with Crippen LogP contribution in [0.4, 0.5) is 4.79 Å². The summed E-state index contributed by atoms with van der Waals surface area (Å²) >= 11 is 0. The lowest BCUT2D eigenvalue weighted by atomic mass is 10.1. The number of benzene rings is 2. The van der Waals surface area contributed by atoms with Crippen LogP contribution in [-0.4, -0.2) is 55.7 Å². The lowest BCUT2D eigenvalue weighted by Crippen LogP contribution is -2.45. The second-order valence-corrected chi connectivity index (χ2v) is 16.0. The molecule has 2 fully saturated rings. The van der Waals surface area contributed by atoms with Gasteiger partial charge in [-0.3, -0.25) is 9.74 Å². The molecule has 0 radical (unpaired) electrons. The highest BCUT2D eigenvalue weighted by molar-refractivity contribution is 6.74. The molecule has 4 rings (SSSR count). The Balaban J connectivity index is 1.44. The lowest BCUT2D eigenvalue weighted by Gasteiger charge is -2.38. The minimum Gasteiger partial charge on any atom is -0.445 e. The summed E-state index contributed by atoms with van der Waals surface area (Å²) in [4.78, 5) is 21.5. The Bertz CT molecular complexity index is 964. The van der Waals surface area contributed by atoms with Gasteiger partial charge in [-0.25, -0.2) is 4.79 Å². The largest absolute Gasteiger partial charge is 0.445 e. The van der Waals surface area contributed by atoms with Crippen molar-refractivity contribution >= 4 is 14.4 Å². The summed E-state index contributed by atoms with van der Waals surface area (Å²) in [6, 6.07) is 20.1. The first-order valence-corrected chi connectivity index (χ1v) is 15.6. The molecule has 2 aromatic rings. The van der Waals surface area contributed by atoms with E-state index < -0.39 is 8.32 Å². The maximum absolute atomic E-state index is 13.3. The molecule has 0 N–H and O–H groups in total. The van der Waals surface area contributed by atoms with E-state index in [0.717, 1.165) is 31.5 Å². The zero-order chi connectivity index (χ0) is 25.1. The van der Waals surface area contributed by atoms with Gasteiger partial charge < -0.3 is 9.16 Å². The zero-order valence-electron chi connectivity index (χ0n) is 21.8. The van der Waals surface area contributed by atoms with Crippen LogP contribution >= 0.6 is 0 Å². The average Bonchev–Trinajstić information content (AvgIpc) is 3.45.